The molecule has 1 aliphatic rings. The van der Waals surface area contributed by atoms with Crippen molar-refractivity contribution in [3.05, 3.63) is 10.7 Å². The van der Waals surface area contributed by atoms with E-state index in [0.717, 1.165) is 36.8 Å². The highest BCUT2D eigenvalue weighted by Gasteiger charge is 2.34. The Balaban J connectivity index is 2.06. The van der Waals surface area contributed by atoms with Crippen molar-refractivity contribution in [2.75, 3.05) is 19.0 Å². The fourth-order valence-electron chi connectivity index (χ4n) is 2.64. The molecule has 1 unspecified atom stereocenters. The van der Waals surface area contributed by atoms with Crippen LogP contribution in [0.4, 0.5) is 5.95 Å². The molecule has 1 aliphatic heterocycles. The summed E-state index contributed by atoms with van der Waals surface area (Å²) in [7, 11) is 1.60. The second-order valence-electron chi connectivity index (χ2n) is 5.12. The van der Waals surface area contributed by atoms with E-state index in [4.69, 9.17) is 9.47 Å². The minimum atomic E-state index is -0.00460. The molecule has 0 spiro atoms. The van der Waals surface area contributed by atoms with E-state index in [1.54, 1.807) is 13.3 Å². The van der Waals surface area contributed by atoms with Gasteiger partial charge in [0.15, 0.2) is 0 Å². The summed E-state index contributed by atoms with van der Waals surface area (Å²) in [4.78, 5) is 8.64. The molecule has 0 saturated carbocycles. The first kappa shape index (κ1) is 15.5. The van der Waals surface area contributed by atoms with Crippen LogP contribution in [0.25, 0.3) is 0 Å². The smallest absolute Gasteiger partial charge is 0.232 e. The molecule has 0 amide bonds. The number of nitrogens with zero attached hydrogens (tertiary/aromatic N) is 2. The first-order valence-electron chi connectivity index (χ1n) is 7.09. The molecular formula is C14H22BrN3O2. The third kappa shape index (κ3) is 3.41. The van der Waals surface area contributed by atoms with Crippen LogP contribution in [0.3, 0.4) is 0 Å². The van der Waals surface area contributed by atoms with Crippen molar-refractivity contribution in [3.8, 4) is 5.88 Å². The van der Waals surface area contributed by atoms with Crippen LogP contribution in [-0.4, -0.2) is 35.3 Å². The van der Waals surface area contributed by atoms with Crippen LogP contribution in [0.1, 0.15) is 39.5 Å². The molecule has 1 aromatic rings. The van der Waals surface area contributed by atoms with Gasteiger partial charge in [-0.3, -0.25) is 0 Å². The Hall–Kier alpha value is -0.880. The summed E-state index contributed by atoms with van der Waals surface area (Å²) in [5.41, 5.74) is -0.00460. The van der Waals surface area contributed by atoms with Gasteiger partial charge in [0.1, 0.15) is 0 Å². The lowest BCUT2D eigenvalue weighted by molar-refractivity contribution is -0.0865. The van der Waals surface area contributed by atoms with Crippen molar-refractivity contribution in [2.24, 2.45) is 0 Å². The Kier molecular flexibility index (Phi) is 5.21. The van der Waals surface area contributed by atoms with Crippen LogP contribution in [0, 0.1) is 0 Å². The van der Waals surface area contributed by atoms with E-state index in [1.807, 2.05) is 0 Å². The molecule has 2 heterocycles. The molecule has 1 atom stereocenters. The molecule has 0 aliphatic carbocycles. The van der Waals surface area contributed by atoms with Crippen LogP contribution in [0.5, 0.6) is 5.88 Å². The summed E-state index contributed by atoms with van der Waals surface area (Å²) in [5, 5.41) is 3.40. The molecular weight excluding hydrogens is 322 g/mol. The number of anilines is 1. The van der Waals surface area contributed by atoms with E-state index in [9.17, 15) is 0 Å². The largest absolute Gasteiger partial charge is 0.480 e. The highest BCUT2D eigenvalue weighted by atomic mass is 79.9. The molecule has 1 aromatic heterocycles. The summed E-state index contributed by atoms with van der Waals surface area (Å²) < 4.78 is 11.9. The predicted octanol–water partition coefficient (Wildman–Crippen LogP) is 3.40. The maximum atomic E-state index is 5.98. The molecule has 0 bridgehead atoms. The molecule has 2 rings (SSSR count). The zero-order valence-electron chi connectivity index (χ0n) is 12.3. The third-order valence-corrected chi connectivity index (χ3v) is 4.56. The van der Waals surface area contributed by atoms with Crippen molar-refractivity contribution in [1.82, 2.24) is 9.97 Å². The van der Waals surface area contributed by atoms with Gasteiger partial charge in [-0.15, -0.1) is 0 Å². The maximum absolute atomic E-state index is 5.98. The lowest BCUT2D eigenvalue weighted by Crippen LogP contribution is -2.43. The van der Waals surface area contributed by atoms with E-state index in [2.05, 4.69) is 45.1 Å². The molecule has 0 radical (unpaired) electrons. The van der Waals surface area contributed by atoms with Crippen LogP contribution >= 0.6 is 15.9 Å². The number of methoxy groups -OCH3 is 1. The summed E-state index contributed by atoms with van der Waals surface area (Å²) >= 11 is 3.36. The zero-order valence-corrected chi connectivity index (χ0v) is 13.9. The van der Waals surface area contributed by atoms with E-state index in [1.165, 1.54) is 0 Å². The van der Waals surface area contributed by atoms with Crippen molar-refractivity contribution in [2.45, 2.75) is 51.2 Å². The Morgan fingerprint density at radius 1 is 1.50 bits per heavy atom. The highest BCUT2D eigenvalue weighted by Crippen LogP contribution is 2.32. The van der Waals surface area contributed by atoms with E-state index in [-0.39, 0.29) is 5.60 Å². The predicted molar refractivity (Wildman–Crippen MR) is 82.2 cm³/mol. The standard InChI is InChI=1S/C14H22BrN3O2/c1-4-14(5-2)8-10(6-7-20-14)17-13-16-9-11(15)12(18-13)19-3/h9-10H,4-8H2,1-3H3,(H,16,17,18). The number of halogens is 1. The average molecular weight is 344 g/mol. The lowest BCUT2D eigenvalue weighted by Gasteiger charge is -2.40. The van der Waals surface area contributed by atoms with Crippen LogP contribution < -0.4 is 10.1 Å². The van der Waals surface area contributed by atoms with Crippen LogP contribution in [0.2, 0.25) is 0 Å². The van der Waals surface area contributed by atoms with Gasteiger partial charge in [0.05, 0.1) is 23.4 Å². The van der Waals surface area contributed by atoms with Crippen LogP contribution in [-0.2, 0) is 4.74 Å². The van der Waals surface area contributed by atoms with Gasteiger partial charge >= 0.3 is 0 Å². The fraction of sp³-hybridized carbons (Fsp3) is 0.714. The minimum absolute atomic E-state index is 0.00460. The number of ether oxygens (including phenoxy) is 2. The maximum Gasteiger partial charge on any atom is 0.232 e. The number of hydrogen-bond acceptors (Lipinski definition) is 5. The third-order valence-electron chi connectivity index (χ3n) is 4.02. The van der Waals surface area contributed by atoms with Crippen molar-refractivity contribution in [1.29, 1.82) is 0 Å². The number of hydrogen-bond donors (Lipinski definition) is 1. The molecule has 1 fully saturated rings. The topological polar surface area (TPSA) is 56.3 Å². The van der Waals surface area contributed by atoms with E-state index < -0.39 is 0 Å². The van der Waals surface area contributed by atoms with Crippen molar-refractivity contribution in [3.63, 3.8) is 0 Å². The quantitative estimate of drug-likeness (QED) is 0.887. The molecule has 6 heteroatoms. The van der Waals surface area contributed by atoms with Gasteiger partial charge < -0.3 is 14.8 Å². The zero-order chi connectivity index (χ0) is 14.6. The summed E-state index contributed by atoms with van der Waals surface area (Å²) in [6.07, 6.45) is 5.74. The van der Waals surface area contributed by atoms with E-state index >= 15 is 0 Å². The summed E-state index contributed by atoms with van der Waals surface area (Å²) in [6.45, 7) is 5.16. The van der Waals surface area contributed by atoms with Crippen LogP contribution in [0.15, 0.2) is 10.7 Å². The molecule has 112 valence electrons. The van der Waals surface area contributed by atoms with Crippen molar-refractivity contribution >= 4 is 21.9 Å². The van der Waals surface area contributed by atoms with Gasteiger partial charge in [-0.25, -0.2) is 4.98 Å². The molecule has 1 saturated heterocycles. The first-order chi connectivity index (χ1) is 9.62. The second kappa shape index (κ2) is 6.72. The van der Waals surface area contributed by atoms with Gasteiger partial charge in [-0.2, -0.15) is 4.98 Å². The Morgan fingerprint density at radius 3 is 2.90 bits per heavy atom. The number of rotatable bonds is 5. The Labute approximate surface area is 128 Å². The van der Waals surface area contributed by atoms with Gasteiger partial charge in [-0.05, 0) is 41.6 Å². The Morgan fingerprint density at radius 2 is 2.25 bits per heavy atom. The lowest BCUT2D eigenvalue weighted by atomic mass is 9.86. The SMILES string of the molecule is CCC1(CC)CC(Nc2ncc(Br)c(OC)n2)CCO1. The average Bonchev–Trinajstić information content (AvgIpc) is 2.49. The molecule has 5 nitrogen and oxygen atoms in total. The monoisotopic (exact) mass is 343 g/mol. The fourth-order valence-corrected chi connectivity index (χ4v) is 2.99. The second-order valence-corrected chi connectivity index (χ2v) is 5.98. The number of nitrogens with one attached hydrogen (secondary N) is 1. The van der Waals surface area contributed by atoms with Crippen molar-refractivity contribution < 1.29 is 9.47 Å². The van der Waals surface area contributed by atoms with Gasteiger partial charge in [0, 0.05) is 12.6 Å². The summed E-state index contributed by atoms with van der Waals surface area (Å²) in [6, 6.07) is 0.342. The Bertz CT molecular complexity index is 452. The molecule has 0 aromatic carbocycles. The minimum Gasteiger partial charge on any atom is -0.480 e. The first-order valence-corrected chi connectivity index (χ1v) is 7.88. The highest BCUT2D eigenvalue weighted by molar-refractivity contribution is 9.10. The molecule has 1 N–H and O–H groups in total. The number of aromatic nitrogens is 2. The van der Waals surface area contributed by atoms with Gasteiger partial charge in [0.2, 0.25) is 11.8 Å². The van der Waals surface area contributed by atoms with E-state index in [0.29, 0.717) is 17.9 Å². The molecule has 20 heavy (non-hydrogen) atoms. The van der Waals surface area contributed by atoms with Gasteiger partial charge in [-0.1, -0.05) is 13.8 Å². The summed E-state index contributed by atoms with van der Waals surface area (Å²) in [5.74, 6) is 1.16. The van der Waals surface area contributed by atoms with Gasteiger partial charge in [0.25, 0.3) is 0 Å². The normalized spacial score (nSPS) is 21.5.